The van der Waals surface area contributed by atoms with Gasteiger partial charge in [0, 0.05) is 13.1 Å². The Morgan fingerprint density at radius 1 is 1.50 bits per heavy atom. The van der Waals surface area contributed by atoms with Crippen molar-refractivity contribution in [2.24, 2.45) is 5.92 Å². The van der Waals surface area contributed by atoms with Crippen molar-refractivity contribution in [2.45, 2.75) is 20.8 Å². The van der Waals surface area contributed by atoms with Gasteiger partial charge in [-0.15, -0.1) is 6.58 Å². The normalized spacial score (nSPS) is 11.8. The molecule has 106 valence electrons. The summed E-state index contributed by atoms with van der Waals surface area (Å²) >= 11 is 0. The average Bonchev–Trinajstić information content (AvgIpc) is 2.26. The zero-order valence-corrected chi connectivity index (χ0v) is 12.0. The lowest BCUT2D eigenvalue weighted by Gasteiger charge is -2.20. The van der Waals surface area contributed by atoms with E-state index in [1.807, 2.05) is 13.8 Å². The topological polar surface area (TPSA) is 75.7 Å². The molecule has 0 amide bonds. The molecule has 0 aliphatic rings. The van der Waals surface area contributed by atoms with Gasteiger partial charge in [0.2, 0.25) is 0 Å². The third kappa shape index (κ3) is 6.73. The quantitative estimate of drug-likeness (QED) is 0.493. The zero-order chi connectivity index (χ0) is 14.2. The molecule has 0 spiro atoms. The molecule has 1 N–H and O–H groups in total. The van der Waals surface area contributed by atoms with Crippen LogP contribution < -0.4 is 4.72 Å². The van der Waals surface area contributed by atoms with E-state index in [2.05, 4.69) is 11.3 Å². The van der Waals surface area contributed by atoms with Gasteiger partial charge in [0.25, 0.3) is 10.2 Å². The van der Waals surface area contributed by atoms with E-state index in [0.29, 0.717) is 6.54 Å². The number of nitrogens with one attached hydrogen (secondary N) is 1. The van der Waals surface area contributed by atoms with Gasteiger partial charge >= 0.3 is 5.97 Å². The maximum Gasteiger partial charge on any atom is 0.321 e. The molecule has 0 saturated carbocycles. The van der Waals surface area contributed by atoms with Gasteiger partial charge in [0.1, 0.15) is 6.54 Å². The Bertz CT molecular complexity index is 365. The average molecular weight is 278 g/mol. The second kappa shape index (κ2) is 8.23. The van der Waals surface area contributed by atoms with E-state index >= 15 is 0 Å². The molecule has 0 aromatic rings. The minimum absolute atomic E-state index is 0.0617. The van der Waals surface area contributed by atoms with Crippen LogP contribution in [0.25, 0.3) is 0 Å². The van der Waals surface area contributed by atoms with Crippen LogP contribution in [-0.4, -0.2) is 44.9 Å². The van der Waals surface area contributed by atoms with Crippen LogP contribution in [0.3, 0.4) is 0 Å². The van der Waals surface area contributed by atoms with E-state index in [0.717, 1.165) is 4.31 Å². The van der Waals surface area contributed by atoms with Crippen LogP contribution in [0.1, 0.15) is 20.8 Å². The second-order valence-electron chi connectivity index (χ2n) is 4.13. The third-order valence-electron chi connectivity index (χ3n) is 1.96. The summed E-state index contributed by atoms with van der Waals surface area (Å²) in [5.74, 6) is -0.387. The Hall–Kier alpha value is -0.920. The highest BCUT2D eigenvalue weighted by molar-refractivity contribution is 7.87. The number of carbonyl (C=O) groups excluding carboxylic acids is 1. The van der Waals surface area contributed by atoms with E-state index in [9.17, 15) is 13.2 Å². The molecule has 7 heteroatoms. The van der Waals surface area contributed by atoms with Gasteiger partial charge in [0.15, 0.2) is 0 Å². The maximum atomic E-state index is 11.9. The van der Waals surface area contributed by atoms with Crippen molar-refractivity contribution >= 4 is 16.2 Å². The van der Waals surface area contributed by atoms with Gasteiger partial charge in [-0.3, -0.25) is 4.79 Å². The summed E-state index contributed by atoms with van der Waals surface area (Å²) in [6, 6.07) is 0. The largest absolute Gasteiger partial charge is 0.465 e. The lowest BCUT2D eigenvalue weighted by molar-refractivity contribution is -0.143. The predicted molar refractivity (Wildman–Crippen MR) is 70.2 cm³/mol. The fourth-order valence-corrected chi connectivity index (χ4v) is 2.41. The Morgan fingerprint density at radius 2 is 2.11 bits per heavy atom. The standard InChI is InChI=1S/C11H22N2O4S/c1-5-7-13(9-11(14)17-6-2)18(15,16)12-8-10(3)4/h5,10,12H,1,6-9H2,2-4H3. The molecule has 0 bridgehead atoms. The molecule has 0 heterocycles. The van der Waals surface area contributed by atoms with Crippen LogP contribution in [0.5, 0.6) is 0 Å². The molecule has 0 saturated heterocycles. The summed E-state index contributed by atoms with van der Waals surface area (Å²) in [5.41, 5.74) is 0. The highest BCUT2D eigenvalue weighted by Gasteiger charge is 2.23. The first-order valence-corrected chi connectivity index (χ1v) is 7.28. The van der Waals surface area contributed by atoms with Crippen LogP contribution >= 0.6 is 0 Å². The number of hydrogen-bond acceptors (Lipinski definition) is 4. The Balaban J connectivity index is 4.65. The van der Waals surface area contributed by atoms with Crippen molar-refractivity contribution in [3.8, 4) is 0 Å². The summed E-state index contributed by atoms with van der Waals surface area (Å²) < 4.78 is 32.0. The monoisotopic (exact) mass is 278 g/mol. The van der Waals surface area contributed by atoms with Crippen LogP contribution in [0.15, 0.2) is 12.7 Å². The molecule has 18 heavy (non-hydrogen) atoms. The Morgan fingerprint density at radius 3 is 2.56 bits per heavy atom. The van der Waals surface area contributed by atoms with Crippen molar-refractivity contribution in [1.29, 1.82) is 0 Å². The van der Waals surface area contributed by atoms with Gasteiger partial charge in [0.05, 0.1) is 6.61 Å². The summed E-state index contributed by atoms with van der Waals surface area (Å²) in [5, 5.41) is 0. The van der Waals surface area contributed by atoms with Crippen molar-refractivity contribution in [3.05, 3.63) is 12.7 Å². The number of rotatable bonds is 9. The van der Waals surface area contributed by atoms with Crippen molar-refractivity contribution in [2.75, 3.05) is 26.2 Å². The minimum Gasteiger partial charge on any atom is -0.465 e. The first-order valence-electron chi connectivity index (χ1n) is 5.84. The number of carbonyl (C=O) groups is 1. The van der Waals surface area contributed by atoms with Gasteiger partial charge < -0.3 is 4.74 Å². The molecule has 0 radical (unpaired) electrons. The predicted octanol–water partition coefficient (Wildman–Crippen LogP) is 0.528. The van der Waals surface area contributed by atoms with E-state index in [1.54, 1.807) is 6.92 Å². The highest BCUT2D eigenvalue weighted by atomic mass is 32.2. The molecule has 0 atom stereocenters. The Kier molecular flexibility index (Phi) is 7.81. The first-order chi connectivity index (χ1) is 8.33. The van der Waals surface area contributed by atoms with E-state index in [-0.39, 0.29) is 25.6 Å². The van der Waals surface area contributed by atoms with E-state index in [4.69, 9.17) is 4.74 Å². The van der Waals surface area contributed by atoms with Crippen molar-refractivity contribution < 1.29 is 17.9 Å². The molecule has 0 rings (SSSR count). The lowest BCUT2D eigenvalue weighted by atomic mass is 10.2. The number of ether oxygens (including phenoxy) is 1. The van der Waals surface area contributed by atoms with E-state index < -0.39 is 16.2 Å². The fraction of sp³-hybridized carbons (Fsp3) is 0.727. The minimum atomic E-state index is -3.68. The van der Waals surface area contributed by atoms with Gasteiger partial charge in [-0.2, -0.15) is 12.7 Å². The fourth-order valence-electron chi connectivity index (χ4n) is 1.11. The van der Waals surface area contributed by atoms with Crippen LogP contribution in [0, 0.1) is 5.92 Å². The first kappa shape index (κ1) is 17.1. The molecular formula is C11H22N2O4S. The molecule has 0 aliphatic carbocycles. The second-order valence-corrected chi connectivity index (χ2v) is 5.89. The number of nitrogens with zero attached hydrogens (tertiary/aromatic N) is 1. The molecule has 0 unspecified atom stereocenters. The molecule has 0 aromatic heterocycles. The zero-order valence-electron chi connectivity index (χ0n) is 11.2. The molecule has 0 aliphatic heterocycles. The molecule has 6 nitrogen and oxygen atoms in total. The Labute approximate surface area is 109 Å². The lowest BCUT2D eigenvalue weighted by Crippen LogP contribution is -2.44. The van der Waals surface area contributed by atoms with Crippen LogP contribution in [0.4, 0.5) is 0 Å². The summed E-state index contributed by atoms with van der Waals surface area (Å²) in [6.45, 7) is 9.22. The summed E-state index contributed by atoms with van der Waals surface area (Å²) in [6.07, 6.45) is 1.42. The maximum absolute atomic E-state index is 11.9. The van der Waals surface area contributed by atoms with Gasteiger partial charge in [-0.25, -0.2) is 4.72 Å². The smallest absolute Gasteiger partial charge is 0.321 e. The SMILES string of the molecule is C=CCN(CC(=O)OCC)S(=O)(=O)NCC(C)C. The molecule has 0 fully saturated rings. The number of esters is 1. The third-order valence-corrected chi connectivity index (χ3v) is 3.45. The van der Waals surface area contributed by atoms with Crippen molar-refractivity contribution in [1.82, 2.24) is 9.03 Å². The van der Waals surface area contributed by atoms with Crippen molar-refractivity contribution in [3.63, 3.8) is 0 Å². The molecule has 0 aromatic carbocycles. The summed E-state index contributed by atoms with van der Waals surface area (Å²) in [4.78, 5) is 11.3. The number of hydrogen-bond donors (Lipinski definition) is 1. The summed E-state index contributed by atoms with van der Waals surface area (Å²) in [7, 11) is -3.68. The molecular weight excluding hydrogens is 256 g/mol. The van der Waals surface area contributed by atoms with Crippen LogP contribution in [0.2, 0.25) is 0 Å². The highest BCUT2D eigenvalue weighted by Crippen LogP contribution is 2.01. The van der Waals surface area contributed by atoms with Gasteiger partial charge in [-0.05, 0) is 12.8 Å². The van der Waals surface area contributed by atoms with E-state index in [1.165, 1.54) is 6.08 Å². The van der Waals surface area contributed by atoms with Crippen LogP contribution in [-0.2, 0) is 19.7 Å². The van der Waals surface area contributed by atoms with Gasteiger partial charge in [-0.1, -0.05) is 19.9 Å².